The summed E-state index contributed by atoms with van der Waals surface area (Å²) in [5.41, 5.74) is 1.53. The smallest absolute Gasteiger partial charge is 0.357 e. The van der Waals surface area contributed by atoms with Gasteiger partial charge in [0.2, 0.25) is 0 Å². The van der Waals surface area contributed by atoms with E-state index in [1.54, 1.807) is 12.1 Å². The highest BCUT2D eigenvalue weighted by Crippen LogP contribution is 2.25. The van der Waals surface area contributed by atoms with E-state index in [1.165, 1.54) is 10.7 Å². The van der Waals surface area contributed by atoms with Crippen LogP contribution in [0.3, 0.4) is 0 Å². The second-order valence-electron chi connectivity index (χ2n) is 5.64. The van der Waals surface area contributed by atoms with E-state index in [4.69, 9.17) is 0 Å². The Bertz CT molecular complexity index is 935. The fourth-order valence-corrected chi connectivity index (χ4v) is 2.54. The standard InChI is InChI=1S/C17H15F2N3O2/c1-21(2)12-5-6-15-13(8-12)16(17(23)24)20-22(15)9-10-3-4-11(18)7-14(10)19/h3-8H,9H2,1-2H3,(H,23,24). The van der Waals surface area contributed by atoms with E-state index < -0.39 is 17.6 Å². The maximum absolute atomic E-state index is 13.9. The number of aromatic nitrogens is 2. The van der Waals surface area contributed by atoms with Gasteiger partial charge in [0.25, 0.3) is 0 Å². The number of aromatic carboxylic acids is 1. The van der Waals surface area contributed by atoms with Gasteiger partial charge in [-0.25, -0.2) is 13.6 Å². The van der Waals surface area contributed by atoms with Crippen LogP contribution in [0.4, 0.5) is 14.5 Å². The van der Waals surface area contributed by atoms with Crippen LogP contribution in [-0.2, 0) is 6.54 Å². The third-order valence-electron chi connectivity index (χ3n) is 3.79. The molecule has 0 radical (unpaired) electrons. The molecule has 3 rings (SSSR count). The molecule has 0 aliphatic heterocycles. The minimum atomic E-state index is -1.16. The SMILES string of the molecule is CN(C)c1ccc2c(c1)c(C(=O)O)nn2Cc1ccc(F)cc1F. The Morgan fingerprint density at radius 3 is 2.58 bits per heavy atom. The van der Waals surface area contributed by atoms with Crippen LogP contribution in [-0.4, -0.2) is 35.0 Å². The third-order valence-corrected chi connectivity index (χ3v) is 3.79. The van der Waals surface area contributed by atoms with Crippen LogP contribution in [0, 0.1) is 11.6 Å². The summed E-state index contributed by atoms with van der Waals surface area (Å²) in [6.07, 6.45) is 0. The Kier molecular flexibility index (Phi) is 3.92. The molecule has 2 aromatic carbocycles. The van der Waals surface area contributed by atoms with Gasteiger partial charge in [-0.05, 0) is 24.3 Å². The Hall–Kier alpha value is -2.96. The van der Waals surface area contributed by atoms with Gasteiger partial charge in [0, 0.05) is 36.8 Å². The lowest BCUT2D eigenvalue weighted by molar-refractivity contribution is 0.0691. The lowest BCUT2D eigenvalue weighted by Gasteiger charge is -2.12. The molecule has 0 amide bonds. The maximum Gasteiger partial charge on any atom is 0.357 e. The number of nitrogens with zero attached hydrogens (tertiary/aromatic N) is 3. The van der Waals surface area contributed by atoms with E-state index >= 15 is 0 Å². The number of fused-ring (bicyclic) bond motifs is 1. The Morgan fingerprint density at radius 1 is 1.21 bits per heavy atom. The van der Waals surface area contributed by atoms with Crippen molar-refractivity contribution in [1.29, 1.82) is 0 Å². The molecule has 0 atom stereocenters. The van der Waals surface area contributed by atoms with Gasteiger partial charge in [0.1, 0.15) is 11.6 Å². The molecule has 0 unspecified atom stereocenters. The number of benzene rings is 2. The minimum absolute atomic E-state index is 0.0111. The fraction of sp³-hybridized carbons (Fsp3) is 0.176. The first kappa shape index (κ1) is 15.9. The molecular weight excluding hydrogens is 316 g/mol. The van der Waals surface area contributed by atoms with E-state index in [0.29, 0.717) is 10.9 Å². The van der Waals surface area contributed by atoms with Gasteiger partial charge in [-0.2, -0.15) is 5.10 Å². The third kappa shape index (κ3) is 2.80. The first-order valence-corrected chi connectivity index (χ1v) is 7.22. The molecular formula is C17H15F2N3O2. The zero-order chi connectivity index (χ0) is 17.4. The average molecular weight is 331 g/mol. The second-order valence-corrected chi connectivity index (χ2v) is 5.64. The number of carboxylic acids is 1. The van der Waals surface area contributed by atoms with Gasteiger partial charge >= 0.3 is 5.97 Å². The highest BCUT2D eigenvalue weighted by molar-refractivity contribution is 6.02. The summed E-state index contributed by atoms with van der Waals surface area (Å²) in [6.45, 7) is 0.0111. The molecule has 0 aliphatic carbocycles. The molecule has 1 aromatic heterocycles. The van der Waals surface area contributed by atoms with Gasteiger partial charge in [-0.3, -0.25) is 4.68 Å². The predicted octanol–water partition coefficient (Wildman–Crippen LogP) is 3.13. The molecule has 0 spiro atoms. The van der Waals surface area contributed by atoms with Crippen LogP contribution in [0.2, 0.25) is 0 Å². The number of carboxylic acid groups (broad SMARTS) is 1. The highest BCUT2D eigenvalue weighted by Gasteiger charge is 2.18. The van der Waals surface area contributed by atoms with E-state index in [2.05, 4.69) is 5.10 Å². The van der Waals surface area contributed by atoms with Crippen LogP contribution in [0.5, 0.6) is 0 Å². The molecule has 0 fully saturated rings. The summed E-state index contributed by atoms with van der Waals surface area (Å²) < 4.78 is 28.3. The molecule has 0 aliphatic rings. The Morgan fingerprint density at radius 2 is 1.96 bits per heavy atom. The first-order chi connectivity index (χ1) is 11.4. The van der Waals surface area contributed by atoms with Crippen LogP contribution < -0.4 is 4.90 Å². The van der Waals surface area contributed by atoms with Crippen molar-refractivity contribution in [1.82, 2.24) is 9.78 Å². The van der Waals surface area contributed by atoms with Gasteiger partial charge in [-0.15, -0.1) is 0 Å². The summed E-state index contributed by atoms with van der Waals surface area (Å²) in [5.74, 6) is -2.52. The molecule has 1 heterocycles. The summed E-state index contributed by atoms with van der Waals surface area (Å²) in [4.78, 5) is 13.3. The van der Waals surface area contributed by atoms with Crippen molar-refractivity contribution in [3.8, 4) is 0 Å². The monoisotopic (exact) mass is 331 g/mol. The lowest BCUT2D eigenvalue weighted by Crippen LogP contribution is -2.08. The largest absolute Gasteiger partial charge is 0.476 e. The number of anilines is 1. The normalized spacial score (nSPS) is 11.0. The molecule has 7 heteroatoms. The van der Waals surface area contributed by atoms with E-state index in [9.17, 15) is 18.7 Å². The van der Waals surface area contributed by atoms with Gasteiger partial charge in [-0.1, -0.05) is 6.07 Å². The topological polar surface area (TPSA) is 58.4 Å². The predicted molar refractivity (Wildman–Crippen MR) is 86.5 cm³/mol. The molecule has 0 saturated heterocycles. The van der Waals surface area contributed by atoms with Crippen molar-refractivity contribution in [2.24, 2.45) is 0 Å². The lowest BCUT2D eigenvalue weighted by atomic mass is 10.1. The van der Waals surface area contributed by atoms with Crippen LogP contribution in [0.1, 0.15) is 16.1 Å². The molecule has 3 aromatic rings. The van der Waals surface area contributed by atoms with E-state index in [1.807, 2.05) is 25.1 Å². The van der Waals surface area contributed by atoms with E-state index in [-0.39, 0.29) is 17.8 Å². The molecule has 0 saturated carbocycles. The van der Waals surface area contributed by atoms with Gasteiger partial charge in [0.15, 0.2) is 5.69 Å². The minimum Gasteiger partial charge on any atom is -0.476 e. The number of hydrogen-bond acceptors (Lipinski definition) is 3. The fourth-order valence-electron chi connectivity index (χ4n) is 2.54. The maximum atomic E-state index is 13.9. The Balaban J connectivity index is 2.12. The molecule has 0 bridgehead atoms. The summed E-state index contributed by atoms with van der Waals surface area (Å²) >= 11 is 0. The Labute approximate surface area is 136 Å². The molecule has 124 valence electrons. The van der Waals surface area contributed by atoms with Gasteiger partial charge in [0.05, 0.1) is 12.1 Å². The van der Waals surface area contributed by atoms with Crippen molar-refractivity contribution in [3.05, 3.63) is 59.3 Å². The number of hydrogen-bond donors (Lipinski definition) is 1. The summed E-state index contributed by atoms with van der Waals surface area (Å²) in [6, 6.07) is 8.57. The van der Waals surface area contributed by atoms with Crippen molar-refractivity contribution in [2.75, 3.05) is 19.0 Å². The summed E-state index contributed by atoms with van der Waals surface area (Å²) in [5, 5.41) is 13.9. The average Bonchev–Trinajstić information content (AvgIpc) is 2.88. The molecule has 1 N–H and O–H groups in total. The number of halogens is 2. The number of carbonyl (C=O) groups is 1. The van der Waals surface area contributed by atoms with Crippen molar-refractivity contribution in [2.45, 2.75) is 6.54 Å². The van der Waals surface area contributed by atoms with Crippen molar-refractivity contribution >= 4 is 22.6 Å². The molecule has 24 heavy (non-hydrogen) atoms. The van der Waals surface area contributed by atoms with Crippen molar-refractivity contribution in [3.63, 3.8) is 0 Å². The van der Waals surface area contributed by atoms with E-state index in [0.717, 1.165) is 17.8 Å². The quantitative estimate of drug-likeness (QED) is 0.798. The van der Waals surface area contributed by atoms with Gasteiger partial charge < -0.3 is 10.0 Å². The highest BCUT2D eigenvalue weighted by atomic mass is 19.1. The summed E-state index contributed by atoms with van der Waals surface area (Å²) in [7, 11) is 3.69. The van der Waals surface area contributed by atoms with Crippen LogP contribution in [0.25, 0.3) is 10.9 Å². The first-order valence-electron chi connectivity index (χ1n) is 7.22. The second kappa shape index (κ2) is 5.92. The van der Waals surface area contributed by atoms with Crippen LogP contribution in [0.15, 0.2) is 36.4 Å². The zero-order valence-electron chi connectivity index (χ0n) is 13.1. The van der Waals surface area contributed by atoms with Crippen LogP contribution >= 0.6 is 0 Å². The zero-order valence-corrected chi connectivity index (χ0v) is 13.1. The number of rotatable bonds is 4. The van der Waals surface area contributed by atoms with Crippen molar-refractivity contribution < 1.29 is 18.7 Å². The molecule has 5 nitrogen and oxygen atoms in total.